The molecule has 3 heterocycles. The number of halogens is 1. The highest BCUT2D eigenvalue weighted by Gasteiger charge is 2.46. The summed E-state index contributed by atoms with van der Waals surface area (Å²) in [6, 6.07) is 22.9. The predicted molar refractivity (Wildman–Crippen MR) is 144 cm³/mol. The van der Waals surface area contributed by atoms with Gasteiger partial charge >= 0.3 is 0 Å². The number of H-pyrrole nitrogens is 1. The van der Waals surface area contributed by atoms with Crippen molar-refractivity contribution < 1.29 is 13.9 Å². The molecule has 0 radical (unpaired) electrons. The van der Waals surface area contributed by atoms with Crippen molar-refractivity contribution in [3.05, 3.63) is 108 Å². The van der Waals surface area contributed by atoms with E-state index in [1.54, 1.807) is 17.0 Å². The van der Waals surface area contributed by atoms with E-state index >= 15 is 0 Å². The largest absolute Gasteiger partial charge is 0.489 e. The maximum atomic E-state index is 14.0. The molecule has 2 unspecified atom stereocenters. The average Bonchev–Trinajstić information content (AvgIpc) is 3.45. The highest BCUT2D eigenvalue weighted by atomic mass is 19.1. The van der Waals surface area contributed by atoms with Gasteiger partial charge in [0.2, 0.25) is 0 Å². The Bertz CT molecular complexity index is 1460. The molecule has 5 nitrogen and oxygen atoms in total. The van der Waals surface area contributed by atoms with Crippen molar-refractivity contribution in [1.82, 2.24) is 9.88 Å². The number of rotatable bonds is 6. The van der Waals surface area contributed by atoms with E-state index in [2.05, 4.69) is 47.3 Å². The number of likely N-dealkylation sites (tertiary alicyclic amines) is 1. The number of piperidine rings is 1. The van der Waals surface area contributed by atoms with E-state index in [1.165, 1.54) is 17.7 Å². The molecule has 37 heavy (non-hydrogen) atoms. The molecule has 1 N–H and O–H groups in total. The van der Waals surface area contributed by atoms with Crippen LogP contribution in [0.1, 0.15) is 30.9 Å². The second-order valence-corrected chi connectivity index (χ2v) is 10.2. The molecule has 0 aliphatic carbocycles. The topological polar surface area (TPSA) is 48.6 Å². The third kappa shape index (κ3) is 4.53. The van der Waals surface area contributed by atoms with Gasteiger partial charge in [-0.15, -0.1) is 0 Å². The van der Waals surface area contributed by atoms with Crippen molar-refractivity contribution in [2.45, 2.75) is 44.5 Å². The molecule has 6 heteroatoms. The average molecular weight is 496 g/mol. The van der Waals surface area contributed by atoms with Crippen LogP contribution in [0.3, 0.4) is 0 Å². The predicted octanol–water partition coefficient (Wildman–Crippen LogP) is 6.21. The van der Waals surface area contributed by atoms with Crippen LogP contribution in [-0.2, 0) is 17.9 Å². The third-order valence-corrected chi connectivity index (χ3v) is 7.73. The maximum absolute atomic E-state index is 14.0. The molecule has 2 atom stereocenters. The van der Waals surface area contributed by atoms with Gasteiger partial charge in [-0.1, -0.05) is 42.5 Å². The molecule has 0 saturated carbocycles. The van der Waals surface area contributed by atoms with Crippen molar-refractivity contribution >= 4 is 22.5 Å². The summed E-state index contributed by atoms with van der Waals surface area (Å²) in [5.74, 6) is 0.443. The smallest absolute Gasteiger partial charge is 0.251 e. The van der Waals surface area contributed by atoms with Crippen LogP contribution in [0.15, 0.2) is 91.1 Å². The van der Waals surface area contributed by atoms with Crippen LogP contribution in [0, 0.1) is 5.82 Å². The van der Waals surface area contributed by atoms with E-state index in [1.807, 2.05) is 36.4 Å². The fourth-order valence-corrected chi connectivity index (χ4v) is 5.82. The number of amides is 1. The lowest BCUT2D eigenvalue weighted by Crippen LogP contribution is -2.56. The Morgan fingerprint density at radius 1 is 1.08 bits per heavy atom. The zero-order chi connectivity index (χ0) is 25.4. The lowest BCUT2D eigenvalue weighted by Gasteiger charge is -2.47. The Morgan fingerprint density at radius 3 is 2.76 bits per heavy atom. The number of carbonyl (C=O) groups excluding carboxylic acids is 1. The lowest BCUT2D eigenvalue weighted by atomic mass is 9.82. The molecule has 2 aliphatic rings. The number of nitrogens with zero attached hydrogens (tertiary/aromatic N) is 2. The molecule has 4 aromatic rings. The standard InChI is InChI=1S/C31H30FN3O2/c1-22-18-31(13-12-30(36)35(31)26-9-5-8-25(32)16-26)14-15-34(22)20-24-19-33-29-11-10-27(17-28(24)29)37-21-23-6-3-2-4-7-23/h2-13,16-17,19,22,33H,14-15,18,20-21H2,1H3. The van der Waals surface area contributed by atoms with Crippen molar-refractivity contribution in [3.8, 4) is 5.75 Å². The van der Waals surface area contributed by atoms with E-state index in [0.717, 1.165) is 48.1 Å². The summed E-state index contributed by atoms with van der Waals surface area (Å²) in [7, 11) is 0. The molecular formula is C31H30FN3O2. The third-order valence-electron chi connectivity index (χ3n) is 7.73. The number of aromatic amines is 1. The van der Waals surface area contributed by atoms with Gasteiger partial charge in [-0.2, -0.15) is 0 Å². The molecule has 1 fully saturated rings. The summed E-state index contributed by atoms with van der Waals surface area (Å²) in [5.41, 5.74) is 3.65. The van der Waals surface area contributed by atoms with Gasteiger partial charge in [0.15, 0.2) is 0 Å². The van der Waals surface area contributed by atoms with Gasteiger partial charge in [-0.05, 0) is 67.3 Å². The van der Waals surface area contributed by atoms with Gasteiger partial charge in [0.1, 0.15) is 18.2 Å². The summed E-state index contributed by atoms with van der Waals surface area (Å²) in [6.07, 6.45) is 7.34. The van der Waals surface area contributed by atoms with Crippen molar-refractivity contribution in [3.63, 3.8) is 0 Å². The van der Waals surface area contributed by atoms with E-state index in [4.69, 9.17) is 4.74 Å². The van der Waals surface area contributed by atoms with Gasteiger partial charge in [0.05, 0.1) is 5.54 Å². The first-order chi connectivity index (χ1) is 18.0. The van der Waals surface area contributed by atoms with E-state index in [9.17, 15) is 9.18 Å². The zero-order valence-corrected chi connectivity index (χ0v) is 20.9. The zero-order valence-electron chi connectivity index (χ0n) is 20.9. The fraction of sp³-hybridized carbons (Fsp3) is 0.258. The highest BCUT2D eigenvalue weighted by molar-refractivity contribution is 6.06. The molecule has 0 bridgehead atoms. The Kier molecular flexibility index (Phi) is 6.05. The normalized spacial score (nSPS) is 21.8. The number of carbonyl (C=O) groups is 1. The van der Waals surface area contributed by atoms with E-state index < -0.39 is 5.54 Å². The monoisotopic (exact) mass is 495 g/mol. The van der Waals surface area contributed by atoms with Crippen LogP contribution in [0.25, 0.3) is 10.9 Å². The minimum Gasteiger partial charge on any atom is -0.489 e. The van der Waals surface area contributed by atoms with Crippen LogP contribution in [0.5, 0.6) is 5.75 Å². The minimum atomic E-state index is -0.417. The number of aromatic nitrogens is 1. The van der Waals surface area contributed by atoms with Gasteiger partial charge in [0, 0.05) is 48.0 Å². The van der Waals surface area contributed by atoms with Crippen LogP contribution in [0.2, 0.25) is 0 Å². The molecule has 6 rings (SSSR count). The second-order valence-electron chi connectivity index (χ2n) is 10.2. The summed E-state index contributed by atoms with van der Waals surface area (Å²) < 4.78 is 20.0. The number of hydrogen-bond donors (Lipinski definition) is 1. The van der Waals surface area contributed by atoms with Crippen molar-refractivity contribution in [1.29, 1.82) is 0 Å². The van der Waals surface area contributed by atoms with Gasteiger partial charge in [0.25, 0.3) is 5.91 Å². The maximum Gasteiger partial charge on any atom is 0.251 e. The molecule has 1 saturated heterocycles. The molecule has 1 aromatic heterocycles. The molecule has 2 aliphatic heterocycles. The van der Waals surface area contributed by atoms with E-state index in [0.29, 0.717) is 12.3 Å². The van der Waals surface area contributed by atoms with Gasteiger partial charge in [-0.3, -0.25) is 14.6 Å². The number of hydrogen-bond acceptors (Lipinski definition) is 3. The minimum absolute atomic E-state index is 0.0779. The second kappa shape index (κ2) is 9.52. The Labute approximate surface area is 216 Å². The summed E-state index contributed by atoms with van der Waals surface area (Å²) >= 11 is 0. The Balaban J connectivity index is 1.18. The number of ether oxygens (including phenoxy) is 1. The van der Waals surface area contributed by atoms with Crippen LogP contribution in [-0.4, -0.2) is 33.9 Å². The highest BCUT2D eigenvalue weighted by Crippen LogP contribution is 2.41. The molecule has 188 valence electrons. The number of nitrogens with one attached hydrogen (secondary N) is 1. The summed E-state index contributed by atoms with van der Waals surface area (Å²) in [6.45, 7) is 4.38. The van der Waals surface area contributed by atoms with Crippen molar-refractivity contribution in [2.75, 3.05) is 11.4 Å². The first-order valence-corrected chi connectivity index (χ1v) is 12.8. The summed E-state index contributed by atoms with van der Waals surface area (Å²) in [5, 5.41) is 1.16. The SMILES string of the molecule is CC1CC2(C=CC(=O)N2c2cccc(F)c2)CCN1Cc1c[nH]c2ccc(OCc3ccccc3)cc12. The number of anilines is 1. The summed E-state index contributed by atoms with van der Waals surface area (Å²) in [4.78, 5) is 20.5. The first-order valence-electron chi connectivity index (χ1n) is 12.8. The van der Waals surface area contributed by atoms with E-state index in [-0.39, 0.29) is 17.8 Å². The lowest BCUT2D eigenvalue weighted by molar-refractivity contribution is -0.114. The number of benzene rings is 3. The molecule has 1 spiro atoms. The van der Waals surface area contributed by atoms with Crippen LogP contribution in [0.4, 0.5) is 10.1 Å². The Morgan fingerprint density at radius 2 is 1.95 bits per heavy atom. The van der Waals surface area contributed by atoms with Crippen LogP contribution < -0.4 is 9.64 Å². The first kappa shape index (κ1) is 23.5. The molecular weight excluding hydrogens is 465 g/mol. The fourth-order valence-electron chi connectivity index (χ4n) is 5.82. The number of fused-ring (bicyclic) bond motifs is 1. The molecule has 1 amide bonds. The Hall–Kier alpha value is -3.90. The van der Waals surface area contributed by atoms with Gasteiger partial charge in [-0.25, -0.2) is 4.39 Å². The van der Waals surface area contributed by atoms with Crippen molar-refractivity contribution in [2.24, 2.45) is 0 Å². The van der Waals surface area contributed by atoms with Crippen LogP contribution >= 0.6 is 0 Å². The quantitative estimate of drug-likeness (QED) is 0.346. The van der Waals surface area contributed by atoms with Gasteiger partial charge < -0.3 is 9.72 Å². The molecule has 3 aromatic carbocycles.